The van der Waals surface area contributed by atoms with Crippen molar-refractivity contribution in [2.75, 3.05) is 37.7 Å². The molecule has 2 N–H and O–H groups in total. The van der Waals surface area contributed by atoms with Crippen LogP contribution in [0.3, 0.4) is 0 Å². The SMILES string of the molecule is NC(=O)C1CN(c2ccnc(-c3cnc4ccc(C(F)(F)F)cn34)n2)CCN1C1COC1. The van der Waals surface area contributed by atoms with Crippen LogP contribution in [0.4, 0.5) is 19.0 Å². The summed E-state index contributed by atoms with van der Waals surface area (Å²) in [6.45, 7) is 2.74. The first-order chi connectivity index (χ1) is 15.3. The minimum absolute atomic E-state index is 0.177. The van der Waals surface area contributed by atoms with Crippen LogP contribution >= 0.6 is 0 Å². The Balaban J connectivity index is 1.45. The van der Waals surface area contributed by atoms with Gasteiger partial charge >= 0.3 is 6.18 Å². The van der Waals surface area contributed by atoms with Gasteiger partial charge in [-0.25, -0.2) is 15.0 Å². The van der Waals surface area contributed by atoms with Gasteiger partial charge in [0.25, 0.3) is 0 Å². The molecule has 1 amide bonds. The first-order valence-electron chi connectivity index (χ1n) is 10.1. The first kappa shape index (κ1) is 20.6. The van der Waals surface area contributed by atoms with Crippen molar-refractivity contribution in [2.45, 2.75) is 18.3 Å². The number of fused-ring (bicyclic) bond motifs is 1. The summed E-state index contributed by atoms with van der Waals surface area (Å²) in [5.41, 5.74) is 5.55. The van der Waals surface area contributed by atoms with E-state index in [1.54, 1.807) is 6.07 Å². The molecule has 2 saturated heterocycles. The molecule has 5 rings (SSSR count). The van der Waals surface area contributed by atoms with Crippen LogP contribution in [-0.4, -0.2) is 75.1 Å². The van der Waals surface area contributed by atoms with Gasteiger partial charge in [0.05, 0.1) is 31.0 Å². The molecule has 9 nitrogen and oxygen atoms in total. The van der Waals surface area contributed by atoms with Crippen LogP contribution in [0.5, 0.6) is 0 Å². The quantitative estimate of drug-likeness (QED) is 0.641. The lowest BCUT2D eigenvalue weighted by Gasteiger charge is -2.46. The molecule has 2 fully saturated rings. The van der Waals surface area contributed by atoms with Crippen molar-refractivity contribution in [1.29, 1.82) is 0 Å². The number of halogens is 3. The Bertz CT molecular complexity index is 1160. The van der Waals surface area contributed by atoms with Gasteiger partial charge in [-0.1, -0.05) is 0 Å². The fourth-order valence-corrected chi connectivity index (χ4v) is 4.07. The van der Waals surface area contributed by atoms with Crippen molar-refractivity contribution in [2.24, 2.45) is 5.73 Å². The summed E-state index contributed by atoms with van der Waals surface area (Å²) in [5, 5.41) is 0. The molecule has 3 aromatic heterocycles. The molecule has 0 spiro atoms. The van der Waals surface area contributed by atoms with Crippen LogP contribution in [-0.2, 0) is 15.7 Å². The smallest absolute Gasteiger partial charge is 0.378 e. The standard InChI is InChI=1S/C20H20F3N7O2/c21-20(22,23)12-1-2-16-26-7-14(30(16)8-12)19-25-4-3-17(27-19)28-5-6-29(13-10-32-11-13)15(9-28)18(24)31/h1-4,7-8,13,15H,5-6,9-11H2,(H2,24,31). The minimum atomic E-state index is -4.48. The topological polar surface area (TPSA) is 102 Å². The summed E-state index contributed by atoms with van der Waals surface area (Å²) >= 11 is 0. The van der Waals surface area contributed by atoms with Crippen LogP contribution in [0, 0.1) is 0 Å². The van der Waals surface area contributed by atoms with E-state index in [1.807, 2.05) is 4.90 Å². The molecule has 0 aliphatic carbocycles. The highest BCUT2D eigenvalue weighted by atomic mass is 19.4. The number of imidazole rings is 1. The molecule has 5 heterocycles. The van der Waals surface area contributed by atoms with E-state index in [9.17, 15) is 18.0 Å². The van der Waals surface area contributed by atoms with Gasteiger partial charge in [0.15, 0.2) is 5.82 Å². The molecule has 2 aliphatic rings. The fourth-order valence-electron chi connectivity index (χ4n) is 4.07. The fraction of sp³-hybridized carbons (Fsp3) is 0.400. The number of primary amides is 1. The molecular formula is C20H20F3N7O2. The maximum absolute atomic E-state index is 13.2. The van der Waals surface area contributed by atoms with Crippen molar-refractivity contribution in [1.82, 2.24) is 24.3 Å². The maximum Gasteiger partial charge on any atom is 0.417 e. The number of piperazine rings is 1. The molecule has 32 heavy (non-hydrogen) atoms. The minimum Gasteiger partial charge on any atom is -0.378 e. The number of carbonyl (C=O) groups excluding carboxylic acids is 1. The molecule has 0 saturated carbocycles. The number of pyridine rings is 1. The van der Waals surface area contributed by atoms with Crippen LogP contribution in [0.1, 0.15) is 5.56 Å². The van der Waals surface area contributed by atoms with E-state index in [2.05, 4.69) is 19.9 Å². The van der Waals surface area contributed by atoms with Crippen LogP contribution < -0.4 is 10.6 Å². The number of hydrogen-bond donors (Lipinski definition) is 1. The largest absolute Gasteiger partial charge is 0.417 e. The molecule has 0 aromatic carbocycles. The lowest BCUT2D eigenvalue weighted by atomic mass is 10.1. The number of nitrogens with zero attached hydrogens (tertiary/aromatic N) is 6. The van der Waals surface area contributed by atoms with E-state index < -0.39 is 23.7 Å². The van der Waals surface area contributed by atoms with Crippen molar-refractivity contribution in [3.05, 3.63) is 42.4 Å². The van der Waals surface area contributed by atoms with Gasteiger partial charge in [-0.2, -0.15) is 13.2 Å². The van der Waals surface area contributed by atoms with E-state index in [0.29, 0.717) is 50.0 Å². The summed E-state index contributed by atoms with van der Waals surface area (Å²) in [6.07, 6.45) is -0.519. The van der Waals surface area contributed by atoms with Gasteiger partial charge < -0.3 is 15.4 Å². The third kappa shape index (κ3) is 3.65. The highest BCUT2D eigenvalue weighted by Crippen LogP contribution is 2.30. The van der Waals surface area contributed by atoms with Gasteiger partial charge in [-0.05, 0) is 18.2 Å². The summed E-state index contributed by atoms with van der Waals surface area (Å²) < 4.78 is 46.1. The summed E-state index contributed by atoms with van der Waals surface area (Å²) in [6, 6.07) is 3.68. The average molecular weight is 447 g/mol. The van der Waals surface area contributed by atoms with Crippen molar-refractivity contribution in [3.8, 4) is 11.5 Å². The normalized spacial score (nSPS) is 20.5. The molecule has 1 atom stereocenters. The number of anilines is 1. The van der Waals surface area contributed by atoms with E-state index in [4.69, 9.17) is 10.5 Å². The van der Waals surface area contributed by atoms with Crippen molar-refractivity contribution in [3.63, 3.8) is 0 Å². The molecule has 12 heteroatoms. The van der Waals surface area contributed by atoms with Crippen molar-refractivity contribution >= 4 is 17.4 Å². The second kappa shape index (κ2) is 7.71. The van der Waals surface area contributed by atoms with Gasteiger partial charge in [0, 0.05) is 32.0 Å². The van der Waals surface area contributed by atoms with Gasteiger partial charge in [-0.15, -0.1) is 0 Å². The maximum atomic E-state index is 13.2. The lowest BCUT2D eigenvalue weighted by Crippen LogP contribution is -2.65. The second-order valence-electron chi connectivity index (χ2n) is 7.82. The Kier molecular flexibility index (Phi) is 4.97. The number of carbonyl (C=O) groups is 1. The monoisotopic (exact) mass is 447 g/mol. The molecular weight excluding hydrogens is 427 g/mol. The zero-order valence-corrected chi connectivity index (χ0v) is 16.9. The molecule has 0 radical (unpaired) electrons. The third-order valence-corrected chi connectivity index (χ3v) is 5.87. The van der Waals surface area contributed by atoms with Gasteiger partial charge in [0.1, 0.15) is 23.2 Å². The Morgan fingerprint density at radius 1 is 1.16 bits per heavy atom. The van der Waals surface area contributed by atoms with Gasteiger partial charge in [0.2, 0.25) is 5.91 Å². The van der Waals surface area contributed by atoms with Crippen LogP contribution in [0.15, 0.2) is 36.8 Å². The third-order valence-electron chi connectivity index (χ3n) is 5.87. The first-order valence-corrected chi connectivity index (χ1v) is 10.1. The van der Waals surface area contributed by atoms with E-state index >= 15 is 0 Å². The van der Waals surface area contributed by atoms with Crippen LogP contribution in [0.2, 0.25) is 0 Å². The Morgan fingerprint density at radius 2 is 1.97 bits per heavy atom. The summed E-state index contributed by atoms with van der Waals surface area (Å²) in [5.74, 6) is 0.379. The zero-order chi connectivity index (χ0) is 22.5. The van der Waals surface area contributed by atoms with Gasteiger partial charge in [-0.3, -0.25) is 14.1 Å². The number of amides is 1. The number of nitrogens with two attached hydrogens (primary N) is 1. The summed E-state index contributed by atoms with van der Waals surface area (Å²) in [4.78, 5) is 29.0. The van der Waals surface area contributed by atoms with E-state index in [-0.39, 0.29) is 11.9 Å². The number of ether oxygens (including phenoxy) is 1. The Labute approximate surface area is 180 Å². The lowest BCUT2D eigenvalue weighted by molar-refractivity contribution is -0.138. The van der Waals surface area contributed by atoms with E-state index in [1.165, 1.54) is 22.9 Å². The number of hydrogen-bond acceptors (Lipinski definition) is 7. The number of rotatable bonds is 4. The molecule has 0 bridgehead atoms. The molecule has 168 valence electrons. The second-order valence-corrected chi connectivity index (χ2v) is 7.82. The predicted octanol–water partition coefficient (Wildman–Crippen LogP) is 1.18. The zero-order valence-electron chi connectivity index (χ0n) is 16.9. The average Bonchev–Trinajstić information content (AvgIpc) is 3.15. The Morgan fingerprint density at radius 3 is 2.66 bits per heavy atom. The van der Waals surface area contributed by atoms with Crippen molar-refractivity contribution < 1.29 is 22.7 Å². The number of aromatic nitrogens is 4. The van der Waals surface area contributed by atoms with Crippen LogP contribution in [0.25, 0.3) is 17.2 Å². The molecule has 2 aliphatic heterocycles. The highest BCUT2D eigenvalue weighted by molar-refractivity contribution is 5.81. The molecule has 1 unspecified atom stereocenters. The Hall–Kier alpha value is -3.25. The molecule has 3 aromatic rings. The van der Waals surface area contributed by atoms with E-state index in [0.717, 1.165) is 12.3 Å². The summed E-state index contributed by atoms with van der Waals surface area (Å²) in [7, 11) is 0. The highest BCUT2D eigenvalue weighted by Gasteiger charge is 2.38. The number of alkyl halides is 3. The predicted molar refractivity (Wildman–Crippen MR) is 108 cm³/mol.